The number of carbonyl (C=O) groups is 1. The molecular formula is C24H25ClN2O3S. The second-order valence-corrected chi connectivity index (χ2v) is 9.94. The van der Waals surface area contributed by atoms with Gasteiger partial charge in [-0.15, -0.1) is 0 Å². The highest BCUT2D eigenvalue weighted by atomic mass is 35.5. The first-order valence-electron chi connectivity index (χ1n) is 9.77. The van der Waals surface area contributed by atoms with Gasteiger partial charge in [-0.2, -0.15) is 0 Å². The summed E-state index contributed by atoms with van der Waals surface area (Å²) in [6.45, 7) is 2.68. The molecule has 0 aliphatic heterocycles. The van der Waals surface area contributed by atoms with Gasteiger partial charge in [-0.1, -0.05) is 59.6 Å². The van der Waals surface area contributed by atoms with E-state index in [0.29, 0.717) is 22.8 Å². The van der Waals surface area contributed by atoms with Crippen LogP contribution in [0.5, 0.6) is 0 Å². The van der Waals surface area contributed by atoms with Gasteiger partial charge >= 0.3 is 0 Å². The summed E-state index contributed by atoms with van der Waals surface area (Å²) in [6.07, 6.45) is 1.16. The van der Waals surface area contributed by atoms with Crippen molar-refractivity contribution in [3.05, 3.63) is 100 Å². The highest BCUT2D eigenvalue weighted by molar-refractivity contribution is 7.92. The van der Waals surface area contributed by atoms with Crippen molar-refractivity contribution in [3.63, 3.8) is 0 Å². The topological polar surface area (TPSA) is 57.7 Å². The predicted molar refractivity (Wildman–Crippen MR) is 126 cm³/mol. The molecule has 0 saturated carbocycles. The molecule has 0 radical (unpaired) electrons. The third-order valence-corrected chi connectivity index (χ3v) is 6.29. The average Bonchev–Trinajstić information content (AvgIpc) is 2.72. The van der Waals surface area contributed by atoms with Crippen molar-refractivity contribution in [3.8, 4) is 0 Å². The van der Waals surface area contributed by atoms with E-state index < -0.39 is 10.0 Å². The lowest BCUT2D eigenvalue weighted by atomic mass is 10.1. The molecule has 0 aliphatic carbocycles. The lowest BCUT2D eigenvalue weighted by molar-refractivity contribution is 0.0785. The molecule has 0 aromatic heterocycles. The van der Waals surface area contributed by atoms with Crippen LogP contribution in [-0.2, 0) is 23.1 Å². The number of hydrogen-bond acceptors (Lipinski definition) is 3. The van der Waals surface area contributed by atoms with E-state index in [9.17, 15) is 13.2 Å². The summed E-state index contributed by atoms with van der Waals surface area (Å²) in [5, 5.41) is 0.462. The van der Waals surface area contributed by atoms with Gasteiger partial charge in [-0.05, 0) is 48.4 Å². The lowest BCUT2D eigenvalue weighted by Crippen LogP contribution is -2.29. The Morgan fingerprint density at radius 3 is 2.06 bits per heavy atom. The van der Waals surface area contributed by atoms with Gasteiger partial charge in [0.1, 0.15) is 0 Å². The Bertz CT molecular complexity index is 1160. The third-order valence-electron chi connectivity index (χ3n) is 4.91. The largest absolute Gasteiger partial charge is 0.337 e. The summed E-state index contributed by atoms with van der Waals surface area (Å²) >= 11 is 6.03. The van der Waals surface area contributed by atoms with Gasteiger partial charge in [-0.25, -0.2) is 8.42 Å². The van der Waals surface area contributed by atoms with E-state index >= 15 is 0 Å². The van der Waals surface area contributed by atoms with Gasteiger partial charge in [0.05, 0.1) is 18.5 Å². The fourth-order valence-corrected chi connectivity index (χ4v) is 4.27. The van der Waals surface area contributed by atoms with Crippen LogP contribution in [0.1, 0.15) is 27.0 Å². The maximum atomic E-state index is 12.8. The Morgan fingerprint density at radius 2 is 1.48 bits per heavy atom. The van der Waals surface area contributed by atoms with Crippen LogP contribution in [0, 0.1) is 6.92 Å². The van der Waals surface area contributed by atoms with Crippen molar-refractivity contribution in [2.24, 2.45) is 0 Å². The molecule has 0 atom stereocenters. The van der Waals surface area contributed by atoms with Gasteiger partial charge in [-0.3, -0.25) is 9.10 Å². The van der Waals surface area contributed by atoms with Gasteiger partial charge < -0.3 is 4.90 Å². The second-order valence-electron chi connectivity index (χ2n) is 7.59. The minimum atomic E-state index is -3.51. The van der Waals surface area contributed by atoms with Crippen LogP contribution < -0.4 is 4.31 Å². The Hall–Kier alpha value is -2.83. The summed E-state index contributed by atoms with van der Waals surface area (Å²) < 4.78 is 25.9. The molecule has 3 aromatic rings. The normalized spacial score (nSPS) is 11.2. The van der Waals surface area contributed by atoms with E-state index in [4.69, 9.17) is 11.6 Å². The molecule has 7 heteroatoms. The maximum absolute atomic E-state index is 12.8. The Balaban J connectivity index is 1.73. The van der Waals surface area contributed by atoms with E-state index in [-0.39, 0.29) is 12.5 Å². The monoisotopic (exact) mass is 456 g/mol. The molecule has 31 heavy (non-hydrogen) atoms. The summed E-state index contributed by atoms with van der Waals surface area (Å²) in [5.41, 5.74) is 4.04. The smallest absolute Gasteiger partial charge is 0.253 e. The molecule has 0 heterocycles. The zero-order valence-corrected chi connectivity index (χ0v) is 19.3. The highest BCUT2D eigenvalue weighted by Crippen LogP contribution is 2.24. The van der Waals surface area contributed by atoms with E-state index in [0.717, 1.165) is 17.4 Å². The van der Waals surface area contributed by atoms with Crippen molar-refractivity contribution in [1.29, 1.82) is 0 Å². The molecule has 0 N–H and O–H groups in total. The van der Waals surface area contributed by atoms with Crippen LogP contribution in [-0.4, -0.2) is 32.5 Å². The quantitative estimate of drug-likeness (QED) is 0.508. The molecule has 0 saturated heterocycles. The van der Waals surface area contributed by atoms with Gasteiger partial charge in [0, 0.05) is 24.2 Å². The molecule has 0 aliphatic rings. The van der Waals surface area contributed by atoms with Crippen LogP contribution in [0.4, 0.5) is 5.69 Å². The van der Waals surface area contributed by atoms with Crippen molar-refractivity contribution < 1.29 is 13.2 Å². The minimum absolute atomic E-state index is 0.0954. The van der Waals surface area contributed by atoms with E-state index in [1.165, 1.54) is 9.87 Å². The summed E-state index contributed by atoms with van der Waals surface area (Å²) in [4.78, 5) is 14.4. The van der Waals surface area contributed by atoms with E-state index in [1.54, 1.807) is 60.5 Å². The van der Waals surface area contributed by atoms with Crippen molar-refractivity contribution in [2.45, 2.75) is 20.0 Å². The lowest BCUT2D eigenvalue weighted by Gasteiger charge is -2.23. The third kappa shape index (κ3) is 6.09. The fraction of sp³-hybridized carbons (Fsp3) is 0.208. The molecule has 0 bridgehead atoms. The maximum Gasteiger partial charge on any atom is 0.253 e. The number of benzene rings is 3. The van der Waals surface area contributed by atoms with E-state index in [1.807, 2.05) is 31.2 Å². The number of amides is 1. The van der Waals surface area contributed by atoms with Crippen LogP contribution >= 0.6 is 11.6 Å². The van der Waals surface area contributed by atoms with Crippen LogP contribution in [0.3, 0.4) is 0 Å². The number of anilines is 1. The summed E-state index contributed by atoms with van der Waals surface area (Å²) in [6, 6.07) is 21.8. The molecule has 0 fully saturated rings. The first-order chi connectivity index (χ1) is 14.6. The van der Waals surface area contributed by atoms with Crippen molar-refractivity contribution >= 4 is 33.2 Å². The van der Waals surface area contributed by atoms with Gasteiger partial charge in [0.2, 0.25) is 10.0 Å². The molecular weight excluding hydrogens is 432 g/mol. The molecule has 3 aromatic carbocycles. The molecule has 5 nitrogen and oxygen atoms in total. The molecule has 1 amide bonds. The molecule has 3 rings (SSSR count). The van der Waals surface area contributed by atoms with Crippen molar-refractivity contribution in [2.75, 3.05) is 17.6 Å². The number of halogens is 1. The van der Waals surface area contributed by atoms with Crippen molar-refractivity contribution in [1.82, 2.24) is 4.90 Å². The zero-order valence-electron chi connectivity index (χ0n) is 17.7. The fourth-order valence-electron chi connectivity index (χ4n) is 3.21. The number of hydrogen-bond donors (Lipinski definition) is 0. The minimum Gasteiger partial charge on any atom is -0.337 e. The van der Waals surface area contributed by atoms with Crippen LogP contribution in [0.25, 0.3) is 0 Å². The Morgan fingerprint density at radius 1 is 0.903 bits per heavy atom. The predicted octanol–water partition coefficient (Wildman–Crippen LogP) is 4.89. The molecule has 0 spiro atoms. The molecule has 0 unspecified atom stereocenters. The Labute approximate surface area is 188 Å². The standard InChI is InChI=1S/C24H25ClN2O3S/c1-18-7-9-19(10-8-18)16-26(2)24(28)21-13-11-20(12-14-21)17-27(31(3,29)30)23-6-4-5-22(25)15-23/h4-15H,16-17H2,1-3H3. The molecule has 162 valence electrons. The van der Waals surface area contributed by atoms with Gasteiger partial charge in [0.25, 0.3) is 5.91 Å². The second kappa shape index (κ2) is 9.54. The Kier molecular flexibility index (Phi) is 7.03. The zero-order chi connectivity index (χ0) is 22.6. The number of carbonyl (C=O) groups excluding carboxylic acids is 1. The number of rotatable bonds is 7. The SMILES string of the molecule is Cc1ccc(CN(C)C(=O)c2ccc(CN(c3cccc(Cl)c3)S(C)(=O)=O)cc2)cc1. The number of aryl methyl sites for hydroxylation is 1. The highest BCUT2D eigenvalue weighted by Gasteiger charge is 2.19. The first kappa shape index (κ1) is 22.8. The van der Waals surface area contributed by atoms with Crippen LogP contribution in [0.15, 0.2) is 72.8 Å². The number of sulfonamides is 1. The van der Waals surface area contributed by atoms with Gasteiger partial charge in [0.15, 0.2) is 0 Å². The first-order valence-corrected chi connectivity index (χ1v) is 12.0. The summed E-state index contributed by atoms with van der Waals surface area (Å²) in [5.74, 6) is -0.0954. The average molecular weight is 457 g/mol. The number of nitrogens with zero attached hydrogens (tertiary/aromatic N) is 2. The van der Waals surface area contributed by atoms with E-state index in [2.05, 4.69) is 0 Å². The van der Waals surface area contributed by atoms with Crippen LogP contribution in [0.2, 0.25) is 5.02 Å². The summed E-state index contributed by atoms with van der Waals surface area (Å²) in [7, 11) is -1.75.